The fraction of sp³-hybridized carbons (Fsp3) is 0.208. The molecule has 5 aromatic rings. The quantitative estimate of drug-likeness (QED) is 0.419. The number of morpholine rings is 1. The fourth-order valence-corrected chi connectivity index (χ4v) is 3.89. The number of ether oxygens (including phenoxy) is 1. The molecule has 1 aliphatic heterocycles. The summed E-state index contributed by atoms with van der Waals surface area (Å²) in [6.07, 6.45) is 3.59. The van der Waals surface area contributed by atoms with Gasteiger partial charge in [0.05, 0.1) is 18.9 Å². The number of aromatic nitrogens is 6. The molecule has 0 bridgehead atoms. The maximum absolute atomic E-state index is 6.21. The molecule has 0 amide bonds. The zero-order valence-corrected chi connectivity index (χ0v) is 18.0. The standard InChI is InChI=1S/C24H21N7O2/c1-16-5-4-7-17(26-16)18-8-10-31(29-18)24-27-20-15-21(19-6-2-3-9-25-19)33-22(20)23(28-24)30-11-13-32-14-12-30/h2-10,15H,11-14H2,1H3. The molecule has 5 aromatic heterocycles. The summed E-state index contributed by atoms with van der Waals surface area (Å²) in [6.45, 7) is 4.69. The van der Waals surface area contributed by atoms with Crippen LogP contribution >= 0.6 is 0 Å². The van der Waals surface area contributed by atoms with Gasteiger partial charge in [0.15, 0.2) is 17.2 Å². The minimum atomic E-state index is 0.469. The molecule has 0 saturated carbocycles. The minimum absolute atomic E-state index is 0.469. The fourth-order valence-electron chi connectivity index (χ4n) is 3.89. The van der Waals surface area contributed by atoms with E-state index in [0.717, 1.165) is 41.7 Å². The van der Waals surface area contributed by atoms with Crippen LogP contribution in [-0.4, -0.2) is 56.0 Å². The van der Waals surface area contributed by atoms with E-state index < -0.39 is 0 Å². The molecule has 6 heterocycles. The van der Waals surface area contributed by atoms with Crippen LogP contribution in [0.2, 0.25) is 0 Å². The molecule has 0 aliphatic carbocycles. The van der Waals surface area contributed by atoms with Crippen LogP contribution in [0.1, 0.15) is 5.69 Å². The largest absolute Gasteiger partial charge is 0.449 e. The molecular weight excluding hydrogens is 418 g/mol. The number of hydrogen-bond donors (Lipinski definition) is 0. The summed E-state index contributed by atoms with van der Waals surface area (Å²) in [5, 5.41) is 4.69. The first-order valence-electron chi connectivity index (χ1n) is 10.8. The maximum Gasteiger partial charge on any atom is 0.253 e. The van der Waals surface area contributed by atoms with Gasteiger partial charge < -0.3 is 14.1 Å². The second-order valence-electron chi connectivity index (χ2n) is 7.80. The van der Waals surface area contributed by atoms with Gasteiger partial charge in [-0.15, -0.1) is 0 Å². The second-order valence-corrected chi connectivity index (χ2v) is 7.80. The van der Waals surface area contributed by atoms with Crippen LogP contribution in [0.3, 0.4) is 0 Å². The lowest BCUT2D eigenvalue weighted by Gasteiger charge is -2.27. The van der Waals surface area contributed by atoms with Crippen molar-refractivity contribution in [2.24, 2.45) is 0 Å². The Morgan fingerprint density at radius 1 is 0.879 bits per heavy atom. The van der Waals surface area contributed by atoms with E-state index in [2.05, 4.69) is 14.9 Å². The van der Waals surface area contributed by atoms with E-state index in [4.69, 9.17) is 24.2 Å². The topological polar surface area (TPSA) is 95.0 Å². The number of hydrogen-bond acceptors (Lipinski definition) is 8. The molecule has 0 aromatic carbocycles. The summed E-state index contributed by atoms with van der Waals surface area (Å²) in [7, 11) is 0. The smallest absolute Gasteiger partial charge is 0.253 e. The first-order chi connectivity index (χ1) is 16.2. The summed E-state index contributed by atoms with van der Waals surface area (Å²) in [5.74, 6) is 1.85. The van der Waals surface area contributed by atoms with E-state index in [9.17, 15) is 0 Å². The van der Waals surface area contributed by atoms with Crippen LogP contribution in [0.5, 0.6) is 0 Å². The van der Waals surface area contributed by atoms with Crippen molar-refractivity contribution < 1.29 is 9.15 Å². The molecule has 0 spiro atoms. The Labute approximate surface area is 189 Å². The van der Waals surface area contributed by atoms with Gasteiger partial charge in [-0.05, 0) is 37.3 Å². The number of aryl methyl sites for hydroxylation is 1. The van der Waals surface area contributed by atoms with Crippen LogP contribution in [0, 0.1) is 6.92 Å². The summed E-state index contributed by atoms with van der Waals surface area (Å²) in [5.41, 5.74) is 4.59. The monoisotopic (exact) mass is 439 g/mol. The first kappa shape index (κ1) is 19.6. The molecule has 9 nitrogen and oxygen atoms in total. The third-order valence-corrected chi connectivity index (χ3v) is 5.51. The predicted molar refractivity (Wildman–Crippen MR) is 123 cm³/mol. The Balaban J connectivity index is 1.47. The average molecular weight is 439 g/mol. The molecule has 1 aliphatic rings. The van der Waals surface area contributed by atoms with Crippen LogP contribution in [0.4, 0.5) is 5.82 Å². The molecule has 1 saturated heterocycles. The summed E-state index contributed by atoms with van der Waals surface area (Å²) in [6, 6.07) is 15.4. The molecule has 164 valence electrons. The number of furan rings is 1. The highest BCUT2D eigenvalue weighted by molar-refractivity contribution is 5.88. The van der Waals surface area contributed by atoms with Gasteiger partial charge in [0.2, 0.25) is 0 Å². The van der Waals surface area contributed by atoms with Crippen LogP contribution in [-0.2, 0) is 4.74 Å². The van der Waals surface area contributed by atoms with Crippen LogP contribution in [0.15, 0.2) is 65.3 Å². The van der Waals surface area contributed by atoms with Crippen LogP contribution < -0.4 is 4.90 Å². The van der Waals surface area contributed by atoms with E-state index in [-0.39, 0.29) is 0 Å². The molecule has 9 heteroatoms. The zero-order valence-electron chi connectivity index (χ0n) is 18.0. The minimum Gasteiger partial charge on any atom is -0.449 e. The Bertz CT molecular complexity index is 1420. The van der Waals surface area contributed by atoms with Gasteiger partial charge in [-0.1, -0.05) is 12.1 Å². The number of rotatable bonds is 4. The highest BCUT2D eigenvalue weighted by atomic mass is 16.5. The molecule has 0 atom stereocenters. The molecule has 0 N–H and O–H groups in total. The second kappa shape index (κ2) is 8.10. The van der Waals surface area contributed by atoms with Crippen molar-refractivity contribution in [1.29, 1.82) is 0 Å². The highest BCUT2D eigenvalue weighted by Gasteiger charge is 2.22. The number of pyridine rings is 2. The van der Waals surface area contributed by atoms with E-state index >= 15 is 0 Å². The van der Waals surface area contributed by atoms with Crippen LogP contribution in [0.25, 0.3) is 39.9 Å². The van der Waals surface area contributed by atoms with Gasteiger partial charge in [0, 0.05) is 37.2 Å². The predicted octanol–water partition coefficient (Wildman–Crippen LogP) is 3.68. The van der Waals surface area contributed by atoms with Gasteiger partial charge in [-0.25, -0.2) is 9.67 Å². The third-order valence-electron chi connectivity index (χ3n) is 5.51. The molecule has 0 radical (unpaired) electrons. The Hall–Kier alpha value is -4.11. The summed E-state index contributed by atoms with van der Waals surface area (Å²) >= 11 is 0. The molecule has 33 heavy (non-hydrogen) atoms. The lowest BCUT2D eigenvalue weighted by Crippen LogP contribution is -2.37. The maximum atomic E-state index is 6.21. The lowest BCUT2D eigenvalue weighted by molar-refractivity contribution is 0.122. The number of anilines is 1. The van der Waals surface area contributed by atoms with Crippen molar-refractivity contribution in [3.63, 3.8) is 0 Å². The van der Waals surface area contributed by atoms with Crippen molar-refractivity contribution >= 4 is 16.9 Å². The van der Waals surface area contributed by atoms with Crippen molar-refractivity contribution in [3.8, 4) is 28.8 Å². The molecule has 6 rings (SSSR count). The van der Waals surface area contributed by atoms with Gasteiger partial charge in [0.1, 0.15) is 16.9 Å². The zero-order chi connectivity index (χ0) is 22.2. The van der Waals surface area contributed by atoms with Crippen molar-refractivity contribution in [2.75, 3.05) is 31.2 Å². The molecular formula is C24H21N7O2. The van der Waals surface area contributed by atoms with Crippen molar-refractivity contribution in [2.45, 2.75) is 6.92 Å². The highest BCUT2D eigenvalue weighted by Crippen LogP contribution is 2.32. The lowest BCUT2D eigenvalue weighted by atomic mass is 10.2. The van der Waals surface area contributed by atoms with E-state index in [1.165, 1.54) is 0 Å². The number of fused-ring (bicyclic) bond motifs is 1. The molecule has 0 unspecified atom stereocenters. The number of nitrogens with zero attached hydrogens (tertiary/aromatic N) is 7. The van der Waals surface area contributed by atoms with E-state index in [1.807, 2.05) is 61.7 Å². The van der Waals surface area contributed by atoms with E-state index in [1.54, 1.807) is 10.9 Å². The van der Waals surface area contributed by atoms with Crippen molar-refractivity contribution in [3.05, 3.63) is 66.6 Å². The normalized spacial score (nSPS) is 14.2. The Morgan fingerprint density at radius 2 is 1.76 bits per heavy atom. The first-order valence-corrected chi connectivity index (χ1v) is 10.8. The van der Waals surface area contributed by atoms with Gasteiger partial charge in [-0.2, -0.15) is 10.1 Å². The Morgan fingerprint density at radius 3 is 2.58 bits per heavy atom. The SMILES string of the molecule is Cc1cccc(-c2ccn(-c3nc(N4CCOCC4)c4oc(-c5ccccn5)cc4n3)n2)n1. The van der Waals surface area contributed by atoms with Gasteiger partial charge in [-0.3, -0.25) is 9.97 Å². The Kier molecular flexibility index (Phi) is 4.80. The summed E-state index contributed by atoms with van der Waals surface area (Å²) < 4.78 is 13.4. The molecule has 1 fully saturated rings. The van der Waals surface area contributed by atoms with Gasteiger partial charge >= 0.3 is 0 Å². The van der Waals surface area contributed by atoms with Crippen molar-refractivity contribution in [1.82, 2.24) is 29.7 Å². The van der Waals surface area contributed by atoms with E-state index in [0.29, 0.717) is 36.0 Å². The van der Waals surface area contributed by atoms with Gasteiger partial charge in [0.25, 0.3) is 5.95 Å². The third kappa shape index (κ3) is 3.72. The average Bonchev–Trinajstić information content (AvgIpc) is 3.52. The summed E-state index contributed by atoms with van der Waals surface area (Å²) in [4.78, 5) is 20.8.